The van der Waals surface area contributed by atoms with Gasteiger partial charge in [-0.3, -0.25) is 10.1 Å². The van der Waals surface area contributed by atoms with Crippen LogP contribution in [0.25, 0.3) is 0 Å². The van der Waals surface area contributed by atoms with Crippen LogP contribution in [-0.2, 0) is 0 Å². The van der Waals surface area contributed by atoms with Crippen molar-refractivity contribution in [3.05, 3.63) is 50.2 Å². The highest BCUT2D eigenvalue weighted by molar-refractivity contribution is 7.09. The molecule has 112 valence electrons. The Labute approximate surface area is 126 Å². The maximum absolute atomic E-state index is 13.8. The molecule has 0 saturated carbocycles. The summed E-state index contributed by atoms with van der Waals surface area (Å²) in [5, 5.41) is 16.5. The highest BCUT2D eigenvalue weighted by atomic mass is 32.1. The second kappa shape index (κ2) is 6.17. The molecule has 0 radical (unpaired) electrons. The second-order valence-corrected chi connectivity index (χ2v) is 5.94. The Morgan fingerprint density at radius 2 is 2.10 bits per heavy atom. The summed E-state index contributed by atoms with van der Waals surface area (Å²) in [4.78, 5) is 14.5. The number of benzene rings is 1. The van der Waals surface area contributed by atoms with E-state index in [9.17, 15) is 14.5 Å². The fraction of sp³-hybridized carbons (Fsp3) is 0.357. The smallest absolute Gasteiger partial charge is 0.272 e. The number of hydrogen-bond donors (Lipinski definition) is 1. The van der Waals surface area contributed by atoms with E-state index in [1.54, 1.807) is 11.3 Å². The van der Waals surface area contributed by atoms with Gasteiger partial charge in [0, 0.05) is 17.4 Å². The molecule has 0 bridgehead atoms. The lowest BCUT2D eigenvalue weighted by molar-refractivity contribution is -0.385. The predicted molar refractivity (Wildman–Crippen MR) is 81.3 cm³/mol. The summed E-state index contributed by atoms with van der Waals surface area (Å²) in [6, 6.07) is 3.39. The summed E-state index contributed by atoms with van der Waals surface area (Å²) in [6.07, 6.45) is 0. The highest BCUT2D eigenvalue weighted by Gasteiger charge is 2.15. The molecule has 21 heavy (non-hydrogen) atoms. The van der Waals surface area contributed by atoms with Crippen molar-refractivity contribution in [2.45, 2.75) is 32.7 Å². The summed E-state index contributed by atoms with van der Waals surface area (Å²) in [7, 11) is 0. The summed E-state index contributed by atoms with van der Waals surface area (Å²) >= 11 is 1.57. The zero-order valence-corrected chi connectivity index (χ0v) is 12.8. The van der Waals surface area contributed by atoms with E-state index in [0.717, 1.165) is 16.8 Å². The number of nitrogens with one attached hydrogen (secondary N) is 1. The minimum Gasteiger partial charge on any atom is -0.375 e. The van der Waals surface area contributed by atoms with Crippen LogP contribution in [0.5, 0.6) is 0 Å². The van der Waals surface area contributed by atoms with Crippen molar-refractivity contribution in [3.63, 3.8) is 0 Å². The van der Waals surface area contributed by atoms with Gasteiger partial charge in [-0.2, -0.15) is 0 Å². The quantitative estimate of drug-likeness (QED) is 0.653. The van der Waals surface area contributed by atoms with Crippen molar-refractivity contribution in [2.75, 3.05) is 5.32 Å². The van der Waals surface area contributed by atoms with E-state index < -0.39 is 10.7 Å². The predicted octanol–water partition coefficient (Wildman–Crippen LogP) is 4.49. The molecule has 1 aromatic heterocycles. The third-order valence-electron chi connectivity index (χ3n) is 3.01. The van der Waals surface area contributed by atoms with Gasteiger partial charge in [-0.05, 0) is 13.0 Å². The Morgan fingerprint density at radius 3 is 2.62 bits per heavy atom. The molecule has 0 aliphatic carbocycles. The number of thiazole rings is 1. The Balaban J connectivity index is 2.15. The second-order valence-electron chi connectivity index (χ2n) is 5.05. The molecular weight excluding hydrogens is 293 g/mol. The highest BCUT2D eigenvalue weighted by Crippen LogP contribution is 2.27. The van der Waals surface area contributed by atoms with Crippen molar-refractivity contribution in [1.82, 2.24) is 4.98 Å². The molecule has 0 aliphatic rings. The van der Waals surface area contributed by atoms with Crippen molar-refractivity contribution >= 4 is 22.7 Å². The first-order valence-corrected chi connectivity index (χ1v) is 7.42. The number of aromatic nitrogens is 1. The van der Waals surface area contributed by atoms with Crippen molar-refractivity contribution in [3.8, 4) is 0 Å². The number of nitro groups is 1. The lowest BCUT2D eigenvalue weighted by atomic mass is 10.2. The number of nitro benzene ring substituents is 1. The number of hydrogen-bond acceptors (Lipinski definition) is 5. The summed E-state index contributed by atoms with van der Waals surface area (Å²) in [6.45, 7) is 6.01. The fourth-order valence-electron chi connectivity index (χ4n) is 1.81. The Morgan fingerprint density at radius 1 is 1.38 bits per heavy atom. The molecule has 0 amide bonds. The van der Waals surface area contributed by atoms with Crippen LogP contribution in [0.1, 0.15) is 43.4 Å². The van der Waals surface area contributed by atoms with E-state index in [0.29, 0.717) is 5.92 Å². The molecular formula is C14H16FN3O2S. The van der Waals surface area contributed by atoms with E-state index in [4.69, 9.17) is 0 Å². The minimum atomic E-state index is -0.643. The van der Waals surface area contributed by atoms with Crippen LogP contribution in [0, 0.1) is 15.9 Å². The number of non-ortho nitro benzene ring substituents is 1. The number of nitrogens with zero attached hydrogens (tertiary/aromatic N) is 2. The minimum absolute atomic E-state index is 0.176. The summed E-state index contributed by atoms with van der Waals surface area (Å²) < 4.78 is 13.8. The molecule has 0 saturated heterocycles. The molecule has 1 aromatic carbocycles. The largest absolute Gasteiger partial charge is 0.375 e. The molecule has 2 rings (SSSR count). The Bertz CT molecular complexity index is 657. The number of halogens is 1. The SMILES string of the molecule is CC(C)c1nc(C(C)Nc2ccc([N+](=O)[O-])cc2F)cs1. The Hall–Kier alpha value is -2.02. The van der Waals surface area contributed by atoms with Gasteiger partial charge in [-0.25, -0.2) is 9.37 Å². The van der Waals surface area contributed by atoms with Crippen LogP contribution in [0.3, 0.4) is 0 Å². The van der Waals surface area contributed by atoms with Gasteiger partial charge in [0.25, 0.3) is 5.69 Å². The van der Waals surface area contributed by atoms with Gasteiger partial charge >= 0.3 is 0 Å². The third kappa shape index (κ3) is 3.55. The van der Waals surface area contributed by atoms with Gasteiger partial charge < -0.3 is 5.32 Å². The van der Waals surface area contributed by atoms with E-state index in [-0.39, 0.29) is 17.4 Å². The van der Waals surface area contributed by atoms with Crippen molar-refractivity contribution < 1.29 is 9.31 Å². The van der Waals surface area contributed by atoms with E-state index in [1.165, 1.54) is 12.1 Å². The van der Waals surface area contributed by atoms with Gasteiger partial charge in [-0.15, -0.1) is 11.3 Å². The van der Waals surface area contributed by atoms with Gasteiger partial charge in [-0.1, -0.05) is 13.8 Å². The zero-order valence-electron chi connectivity index (χ0n) is 12.0. The van der Waals surface area contributed by atoms with Crippen LogP contribution in [-0.4, -0.2) is 9.91 Å². The summed E-state index contributed by atoms with van der Waals surface area (Å²) in [5.41, 5.74) is 0.801. The van der Waals surface area contributed by atoms with Crippen LogP contribution in [0.2, 0.25) is 0 Å². The van der Waals surface area contributed by atoms with E-state index >= 15 is 0 Å². The molecule has 1 N–H and O–H groups in total. The van der Waals surface area contributed by atoms with Crippen LogP contribution >= 0.6 is 11.3 Å². The molecule has 1 atom stereocenters. The van der Waals surface area contributed by atoms with Crippen LogP contribution in [0.15, 0.2) is 23.6 Å². The van der Waals surface area contributed by atoms with E-state index in [2.05, 4.69) is 24.1 Å². The first-order chi connectivity index (χ1) is 9.88. The molecule has 0 aliphatic heterocycles. The average molecular weight is 309 g/mol. The van der Waals surface area contributed by atoms with E-state index in [1.807, 2.05) is 12.3 Å². The maximum atomic E-state index is 13.8. The lowest BCUT2D eigenvalue weighted by Crippen LogP contribution is -2.09. The molecule has 0 spiro atoms. The molecule has 5 nitrogen and oxygen atoms in total. The van der Waals surface area contributed by atoms with Crippen molar-refractivity contribution in [2.24, 2.45) is 0 Å². The molecule has 1 unspecified atom stereocenters. The van der Waals surface area contributed by atoms with Gasteiger partial charge in [0.1, 0.15) is 0 Å². The zero-order chi connectivity index (χ0) is 15.6. The average Bonchev–Trinajstić information content (AvgIpc) is 2.90. The Kier molecular flexibility index (Phi) is 4.52. The normalized spacial score (nSPS) is 12.4. The number of rotatable bonds is 5. The maximum Gasteiger partial charge on any atom is 0.272 e. The molecule has 7 heteroatoms. The third-order valence-corrected chi connectivity index (χ3v) is 4.18. The monoisotopic (exact) mass is 309 g/mol. The summed E-state index contributed by atoms with van der Waals surface area (Å²) in [5.74, 6) is -0.289. The fourth-order valence-corrected chi connectivity index (χ4v) is 2.74. The molecule has 0 fully saturated rings. The van der Waals surface area contributed by atoms with Crippen LogP contribution < -0.4 is 5.32 Å². The molecule has 2 aromatic rings. The first-order valence-electron chi connectivity index (χ1n) is 6.54. The first kappa shape index (κ1) is 15.4. The number of anilines is 1. The van der Waals surface area contributed by atoms with Gasteiger partial charge in [0.15, 0.2) is 5.82 Å². The standard InChI is InChI=1S/C14H16FN3O2S/c1-8(2)14-17-13(7-21-14)9(3)16-12-5-4-10(18(19)20)6-11(12)15/h4-9,16H,1-3H3. The topological polar surface area (TPSA) is 68.1 Å². The van der Waals surface area contributed by atoms with Gasteiger partial charge in [0.05, 0.1) is 33.4 Å². The van der Waals surface area contributed by atoms with Crippen LogP contribution in [0.4, 0.5) is 15.8 Å². The van der Waals surface area contributed by atoms with Gasteiger partial charge in [0.2, 0.25) is 0 Å². The lowest BCUT2D eigenvalue weighted by Gasteiger charge is -2.13. The van der Waals surface area contributed by atoms with Crippen molar-refractivity contribution in [1.29, 1.82) is 0 Å². The molecule has 1 heterocycles.